The Hall–Kier alpha value is -0.760. The lowest BCUT2D eigenvalue weighted by atomic mass is 9.93. The number of alkyl halides is 1. The van der Waals surface area contributed by atoms with Crippen molar-refractivity contribution in [1.82, 2.24) is 0 Å². The van der Waals surface area contributed by atoms with Crippen LogP contribution >= 0.6 is 11.6 Å². The maximum Gasteiger partial charge on any atom is 0.136 e. The highest BCUT2D eigenvalue weighted by Gasteiger charge is 2.32. The average Bonchev–Trinajstić information content (AvgIpc) is 2.25. The topological polar surface area (TPSA) is 12.0 Å². The van der Waals surface area contributed by atoms with Gasteiger partial charge in [-0.05, 0) is 31.9 Å². The van der Waals surface area contributed by atoms with Gasteiger partial charge in [0.1, 0.15) is 5.67 Å². The first-order valence-electron chi connectivity index (χ1n) is 4.83. The molecule has 1 aromatic carbocycles. The summed E-state index contributed by atoms with van der Waals surface area (Å²) >= 11 is 6.02. The van der Waals surface area contributed by atoms with E-state index < -0.39 is 5.67 Å². The number of fused-ring (bicyclic) bond motifs is 1. The van der Waals surface area contributed by atoms with Crippen LogP contribution < -0.4 is 5.32 Å². The molecule has 1 heterocycles. The van der Waals surface area contributed by atoms with Crippen molar-refractivity contribution in [1.29, 1.82) is 0 Å². The van der Waals surface area contributed by atoms with Gasteiger partial charge in [-0.3, -0.25) is 0 Å². The Balaban J connectivity index is 2.58. The molecule has 0 bridgehead atoms. The second kappa shape index (κ2) is 3.43. The molecule has 1 aliphatic rings. The van der Waals surface area contributed by atoms with E-state index in [1.165, 1.54) is 0 Å². The van der Waals surface area contributed by atoms with Crippen molar-refractivity contribution >= 4 is 17.3 Å². The molecule has 0 spiro atoms. The zero-order valence-corrected chi connectivity index (χ0v) is 8.87. The molecular formula is C11H13ClFN. The molecule has 14 heavy (non-hydrogen) atoms. The van der Waals surface area contributed by atoms with Crippen LogP contribution in [-0.2, 0) is 5.67 Å². The van der Waals surface area contributed by atoms with Crippen LogP contribution in [0, 0.1) is 0 Å². The first-order chi connectivity index (χ1) is 6.61. The van der Waals surface area contributed by atoms with Crippen molar-refractivity contribution in [3.8, 4) is 0 Å². The molecule has 0 amide bonds. The van der Waals surface area contributed by atoms with Crippen molar-refractivity contribution in [3.63, 3.8) is 0 Å². The van der Waals surface area contributed by atoms with Gasteiger partial charge < -0.3 is 5.32 Å². The minimum atomic E-state index is -1.31. The molecule has 1 aliphatic heterocycles. The fourth-order valence-electron chi connectivity index (χ4n) is 1.97. The van der Waals surface area contributed by atoms with Crippen LogP contribution in [0.4, 0.5) is 10.1 Å². The van der Waals surface area contributed by atoms with E-state index in [0.29, 0.717) is 17.0 Å². The standard InChI is InChI=1S/C11H13ClFN/c1-11(13)6-3-7-14-9-5-2-4-8(12)10(9)11/h2,4-5,14H,3,6-7H2,1H3. The molecule has 1 unspecified atom stereocenters. The number of nitrogens with one attached hydrogen (secondary N) is 1. The predicted molar refractivity (Wildman–Crippen MR) is 57.6 cm³/mol. The van der Waals surface area contributed by atoms with Gasteiger partial charge in [0.2, 0.25) is 0 Å². The second-order valence-corrected chi connectivity index (χ2v) is 4.30. The normalized spacial score (nSPS) is 26.2. The van der Waals surface area contributed by atoms with Gasteiger partial charge >= 0.3 is 0 Å². The largest absolute Gasteiger partial charge is 0.385 e. The summed E-state index contributed by atoms with van der Waals surface area (Å²) in [6.07, 6.45) is 1.36. The van der Waals surface area contributed by atoms with E-state index in [2.05, 4.69) is 5.32 Å². The van der Waals surface area contributed by atoms with Crippen molar-refractivity contribution in [2.24, 2.45) is 0 Å². The third kappa shape index (κ3) is 1.59. The smallest absolute Gasteiger partial charge is 0.136 e. The highest BCUT2D eigenvalue weighted by atomic mass is 35.5. The van der Waals surface area contributed by atoms with Crippen LogP contribution in [0.5, 0.6) is 0 Å². The van der Waals surface area contributed by atoms with Crippen LogP contribution in [0.2, 0.25) is 5.02 Å². The molecule has 1 atom stereocenters. The van der Waals surface area contributed by atoms with Gasteiger partial charge in [-0.15, -0.1) is 0 Å². The molecular weight excluding hydrogens is 201 g/mol. The Labute approximate surface area is 88.3 Å². The number of benzene rings is 1. The number of halogens is 2. The summed E-state index contributed by atoms with van der Waals surface area (Å²) in [6.45, 7) is 2.41. The second-order valence-electron chi connectivity index (χ2n) is 3.89. The van der Waals surface area contributed by atoms with Crippen LogP contribution in [0.3, 0.4) is 0 Å². The SMILES string of the molecule is CC1(F)CCCNc2cccc(Cl)c21. The molecule has 0 fully saturated rings. The number of rotatable bonds is 0. The number of anilines is 1. The molecule has 1 N–H and O–H groups in total. The van der Waals surface area contributed by atoms with Gasteiger partial charge in [-0.1, -0.05) is 17.7 Å². The monoisotopic (exact) mass is 213 g/mol. The van der Waals surface area contributed by atoms with E-state index in [0.717, 1.165) is 18.7 Å². The van der Waals surface area contributed by atoms with Crippen LogP contribution in [0.25, 0.3) is 0 Å². The molecule has 0 saturated carbocycles. The molecule has 1 nitrogen and oxygen atoms in total. The molecule has 0 aromatic heterocycles. The Kier molecular flexibility index (Phi) is 2.40. The molecule has 1 aromatic rings. The van der Waals surface area contributed by atoms with Crippen molar-refractivity contribution in [2.75, 3.05) is 11.9 Å². The Morgan fingerprint density at radius 3 is 3.07 bits per heavy atom. The summed E-state index contributed by atoms with van der Waals surface area (Å²) in [5.74, 6) is 0. The van der Waals surface area contributed by atoms with Crippen molar-refractivity contribution < 1.29 is 4.39 Å². The summed E-state index contributed by atoms with van der Waals surface area (Å²) in [5, 5.41) is 3.71. The van der Waals surface area contributed by atoms with Crippen molar-refractivity contribution in [2.45, 2.75) is 25.4 Å². The maximum atomic E-state index is 14.3. The average molecular weight is 214 g/mol. The number of hydrogen-bond acceptors (Lipinski definition) is 1. The van der Waals surface area contributed by atoms with Gasteiger partial charge in [-0.2, -0.15) is 0 Å². The van der Waals surface area contributed by atoms with Gasteiger partial charge in [-0.25, -0.2) is 4.39 Å². The molecule has 76 valence electrons. The molecule has 3 heteroatoms. The van der Waals surface area contributed by atoms with E-state index in [1.54, 1.807) is 13.0 Å². The van der Waals surface area contributed by atoms with Gasteiger partial charge in [0.05, 0.1) is 0 Å². The maximum absolute atomic E-state index is 14.3. The summed E-state index contributed by atoms with van der Waals surface area (Å²) in [7, 11) is 0. The van der Waals surface area contributed by atoms with Gasteiger partial charge in [0.25, 0.3) is 0 Å². The van der Waals surface area contributed by atoms with E-state index in [4.69, 9.17) is 11.6 Å². The Bertz CT molecular complexity index is 349. The molecule has 2 rings (SSSR count). The highest BCUT2D eigenvalue weighted by Crippen LogP contribution is 2.41. The van der Waals surface area contributed by atoms with Crippen LogP contribution in [0.15, 0.2) is 18.2 Å². The molecule has 0 radical (unpaired) electrons. The lowest BCUT2D eigenvalue weighted by Gasteiger charge is -2.21. The summed E-state index contributed by atoms with van der Waals surface area (Å²) in [5.41, 5.74) is 0.135. The fourth-order valence-corrected chi connectivity index (χ4v) is 2.34. The van der Waals surface area contributed by atoms with Gasteiger partial charge in [0, 0.05) is 22.8 Å². The lowest BCUT2D eigenvalue weighted by molar-refractivity contribution is 0.178. The van der Waals surface area contributed by atoms with Crippen LogP contribution in [-0.4, -0.2) is 6.54 Å². The third-order valence-electron chi connectivity index (χ3n) is 2.67. The molecule has 0 saturated heterocycles. The van der Waals surface area contributed by atoms with Crippen molar-refractivity contribution in [3.05, 3.63) is 28.8 Å². The lowest BCUT2D eigenvalue weighted by Crippen LogP contribution is -2.14. The Morgan fingerprint density at radius 1 is 1.50 bits per heavy atom. The molecule has 0 aliphatic carbocycles. The van der Waals surface area contributed by atoms with Gasteiger partial charge in [0.15, 0.2) is 0 Å². The Morgan fingerprint density at radius 2 is 2.29 bits per heavy atom. The summed E-state index contributed by atoms with van der Waals surface area (Å²) in [6, 6.07) is 5.46. The zero-order valence-electron chi connectivity index (χ0n) is 8.11. The minimum absolute atomic E-state index is 0.516. The number of hydrogen-bond donors (Lipinski definition) is 1. The first kappa shape index (κ1) is 9.78. The summed E-state index contributed by atoms with van der Waals surface area (Å²) in [4.78, 5) is 0. The zero-order chi connectivity index (χ0) is 10.2. The first-order valence-corrected chi connectivity index (χ1v) is 5.21. The van der Waals surface area contributed by atoms with Crippen LogP contribution in [0.1, 0.15) is 25.3 Å². The highest BCUT2D eigenvalue weighted by molar-refractivity contribution is 6.31. The quantitative estimate of drug-likeness (QED) is 0.693. The van der Waals surface area contributed by atoms with E-state index in [1.807, 2.05) is 12.1 Å². The fraction of sp³-hybridized carbons (Fsp3) is 0.455. The third-order valence-corrected chi connectivity index (χ3v) is 2.99. The predicted octanol–water partition coefficient (Wildman–Crippen LogP) is 3.73. The summed E-state index contributed by atoms with van der Waals surface area (Å²) < 4.78 is 14.3. The van der Waals surface area contributed by atoms with E-state index in [-0.39, 0.29) is 0 Å². The van der Waals surface area contributed by atoms with E-state index in [9.17, 15) is 4.39 Å². The minimum Gasteiger partial charge on any atom is -0.385 e. The van der Waals surface area contributed by atoms with E-state index >= 15 is 0 Å².